The maximum absolute atomic E-state index is 9.75. The van der Waals surface area contributed by atoms with Gasteiger partial charge in [-0.3, -0.25) is 4.90 Å². The van der Waals surface area contributed by atoms with Crippen molar-refractivity contribution >= 4 is 17.0 Å². The number of hydrogen-bond acceptors (Lipinski definition) is 6. The highest BCUT2D eigenvalue weighted by Gasteiger charge is 2.21. The molecule has 1 aromatic carbocycles. The third-order valence-corrected chi connectivity index (χ3v) is 5.77. The van der Waals surface area contributed by atoms with Crippen molar-refractivity contribution in [3.8, 4) is 23.3 Å². The van der Waals surface area contributed by atoms with E-state index in [1.54, 1.807) is 25.2 Å². The highest BCUT2D eigenvalue weighted by Crippen LogP contribution is 2.34. The second-order valence-corrected chi connectivity index (χ2v) is 9.03. The zero-order valence-corrected chi connectivity index (χ0v) is 17.1. The summed E-state index contributed by atoms with van der Waals surface area (Å²) in [5.74, 6) is 7.58. The summed E-state index contributed by atoms with van der Waals surface area (Å²) in [5, 5.41) is 13.4. The number of likely N-dealkylation sites (tertiary alicyclic amines) is 1. The smallest absolute Gasteiger partial charge is 0.231 e. The zero-order chi connectivity index (χ0) is 19.6. The molecule has 5 nitrogen and oxygen atoms in total. The standard InChI is InChI=1S/C22H26N2O3S/c1-22(2,25)10-9-18-6-7-19(28-18)14-24-11-3-4-17(13-24)23-16-5-8-20-21(12-16)27-15-26-20/h5-8,12,17,23,25H,3-4,11,13-15H2,1-2H3. The summed E-state index contributed by atoms with van der Waals surface area (Å²) in [7, 11) is 0. The summed E-state index contributed by atoms with van der Waals surface area (Å²) < 4.78 is 10.9. The molecule has 2 aromatic rings. The Balaban J connectivity index is 1.34. The van der Waals surface area contributed by atoms with Gasteiger partial charge in [0.05, 0.1) is 4.88 Å². The number of rotatable bonds is 4. The Kier molecular flexibility index (Phi) is 5.49. The van der Waals surface area contributed by atoms with E-state index in [1.807, 2.05) is 18.2 Å². The normalized spacial score (nSPS) is 19.2. The van der Waals surface area contributed by atoms with Crippen molar-refractivity contribution in [2.24, 2.45) is 0 Å². The molecule has 4 rings (SSSR count). The van der Waals surface area contributed by atoms with Crippen LogP contribution in [0.4, 0.5) is 5.69 Å². The second-order valence-electron chi connectivity index (χ2n) is 7.86. The molecule has 1 atom stereocenters. The molecule has 0 aliphatic carbocycles. The minimum absolute atomic E-state index is 0.305. The van der Waals surface area contributed by atoms with E-state index >= 15 is 0 Å². The molecule has 0 amide bonds. The fraction of sp³-hybridized carbons (Fsp3) is 0.455. The van der Waals surface area contributed by atoms with Crippen LogP contribution < -0.4 is 14.8 Å². The molecule has 2 N–H and O–H groups in total. The van der Waals surface area contributed by atoms with E-state index in [2.05, 4.69) is 34.2 Å². The van der Waals surface area contributed by atoms with Gasteiger partial charge in [-0.05, 0) is 57.5 Å². The second kappa shape index (κ2) is 8.04. The first-order valence-electron chi connectivity index (χ1n) is 9.67. The van der Waals surface area contributed by atoms with Crippen molar-refractivity contribution in [1.29, 1.82) is 0 Å². The first-order chi connectivity index (χ1) is 13.4. The maximum atomic E-state index is 9.75. The summed E-state index contributed by atoms with van der Waals surface area (Å²) in [6.07, 6.45) is 2.34. The van der Waals surface area contributed by atoms with E-state index in [4.69, 9.17) is 9.47 Å². The first kappa shape index (κ1) is 19.1. The van der Waals surface area contributed by atoms with E-state index < -0.39 is 5.60 Å². The van der Waals surface area contributed by atoms with Crippen LogP contribution in [0.5, 0.6) is 11.5 Å². The molecule has 2 aliphatic heterocycles. The minimum atomic E-state index is -0.954. The predicted octanol–water partition coefficient (Wildman–Crippen LogP) is 3.68. The Hall–Kier alpha value is -2.20. The molecule has 0 spiro atoms. The van der Waals surface area contributed by atoms with Crippen molar-refractivity contribution in [1.82, 2.24) is 4.90 Å². The van der Waals surface area contributed by atoms with Gasteiger partial charge in [-0.1, -0.05) is 11.8 Å². The van der Waals surface area contributed by atoms with Crippen LogP contribution in [0.15, 0.2) is 30.3 Å². The molecule has 3 heterocycles. The van der Waals surface area contributed by atoms with Gasteiger partial charge in [0, 0.05) is 35.8 Å². The van der Waals surface area contributed by atoms with Gasteiger partial charge in [0.25, 0.3) is 0 Å². The first-order valence-corrected chi connectivity index (χ1v) is 10.5. The summed E-state index contributed by atoms with van der Waals surface area (Å²) in [6.45, 7) is 6.77. The summed E-state index contributed by atoms with van der Waals surface area (Å²) in [4.78, 5) is 4.81. The SMILES string of the molecule is CC(C)(O)C#Cc1ccc(CN2CCCC(Nc3ccc4c(c3)OCO4)C2)s1. The van der Waals surface area contributed by atoms with Gasteiger partial charge in [-0.2, -0.15) is 0 Å². The van der Waals surface area contributed by atoms with Crippen LogP contribution in [0.1, 0.15) is 36.4 Å². The van der Waals surface area contributed by atoms with Crippen molar-refractivity contribution < 1.29 is 14.6 Å². The lowest BCUT2D eigenvalue weighted by Crippen LogP contribution is -2.41. The fourth-order valence-electron chi connectivity index (χ4n) is 3.50. The third-order valence-electron chi connectivity index (χ3n) is 4.78. The molecule has 0 saturated carbocycles. The van der Waals surface area contributed by atoms with E-state index in [0.29, 0.717) is 12.8 Å². The Morgan fingerprint density at radius 1 is 1.25 bits per heavy atom. The van der Waals surface area contributed by atoms with Crippen LogP contribution in [0.2, 0.25) is 0 Å². The average Bonchev–Trinajstić information content (AvgIpc) is 3.28. The maximum Gasteiger partial charge on any atom is 0.231 e. The molecular formula is C22H26N2O3S. The number of nitrogens with one attached hydrogen (secondary N) is 1. The minimum Gasteiger partial charge on any atom is -0.454 e. The van der Waals surface area contributed by atoms with Gasteiger partial charge >= 0.3 is 0 Å². The Labute approximate surface area is 170 Å². The molecule has 148 valence electrons. The third kappa shape index (κ3) is 4.99. The Bertz CT molecular complexity index is 891. The number of benzene rings is 1. The van der Waals surface area contributed by atoms with Crippen molar-refractivity contribution in [3.05, 3.63) is 40.1 Å². The average molecular weight is 399 g/mol. The zero-order valence-electron chi connectivity index (χ0n) is 16.3. The van der Waals surface area contributed by atoms with Crippen LogP contribution in [0.3, 0.4) is 0 Å². The van der Waals surface area contributed by atoms with E-state index in [0.717, 1.165) is 48.1 Å². The highest BCUT2D eigenvalue weighted by atomic mass is 32.1. The van der Waals surface area contributed by atoms with Crippen LogP contribution >= 0.6 is 11.3 Å². The molecule has 0 bridgehead atoms. The van der Waals surface area contributed by atoms with Crippen molar-refractivity contribution in [3.63, 3.8) is 0 Å². The van der Waals surface area contributed by atoms with Gasteiger partial charge < -0.3 is 19.9 Å². The van der Waals surface area contributed by atoms with Crippen molar-refractivity contribution in [2.75, 3.05) is 25.2 Å². The molecule has 6 heteroatoms. The molecule has 1 unspecified atom stereocenters. The Morgan fingerprint density at radius 3 is 2.96 bits per heavy atom. The van der Waals surface area contributed by atoms with Crippen LogP contribution in [-0.2, 0) is 6.54 Å². The number of nitrogens with zero attached hydrogens (tertiary/aromatic N) is 1. The predicted molar refractivity (Wildman–Crippen MR) is 112 cm³/mol. The highest BCUT2D eigenvalue weighted by molar-refractivity contribution is 7.12. The number of thiophene rings is 1. The Morgan fingerprint density at radius 2 is 2.11 bits per heavy atom. The van der Waals surface area contributed by atoms with Gasteiger partial charge in [0.15, 0.2) is 11.5 Å². The number of hydrogen-bond donors (Lipinski definition) is 2. The van der Waals surface area contributed by atoms with Gasteiger partial charge in [-0.25, -0.2) is 0 Å². The van der Waals surface area contributed by atoms with E-state index in [-0.39, 0.29) is 0 Å². The van der Waals surface area contributed by atoms with Gasteiger partial charge in [-0.15, -0.1) is 11.3 Å². The number of aliphatic hydroxyl groups is 1. The lowest BCUT2D eigenvalue weighted by atomic mass is 10.1. The van der Waals surface area contributed by atoms with Crippen molar-refractivity contribution in [2.45, 2.75) is 44.9 Å². The molecule has 0 radical (unpaired) electrons. The van der Waals surface area contributed by atoms with E-state index in [9.17, 15) is 5.11 Å². The quantitative estimate of drug-likeness (QED) is 0.770. The monoisotopic (exact) mass is 398 g/mol. The van der Waals surface area contributed by atoms with Crippen LogP contribution in [0, 0.1) is 11.8 Å². The molecule has 1 fully saturated rings. The number of piperidine rings is 1. The van der Waals surface area contributed by atoms with Crippen LogP contribution in [-0.4, -0.2) is 41.5 Å². The van der Waals surface area contributed by atoms with Crippen LogP contribution in [0.25, 0.3) is 0 Å². The largest absolute Gasteiger partial charge is 0.454 e. The van der Waals surface area contributed by atoms with Gasteiger partial charge in [0.1, 0.15) is 5.60 Å². The fourth-order valence-corrected chi connectivity index (χ4v) is 4.41. The molecule has 28 heavy (non-hydrogen) atoms. The molecule has 2 aliphatic rings. The lowest BCUT2D eigenvalue weighted by Gasteiger charge is -2.33. The number of fused-ring (bicyclic) bond motifs is 1. The molecule has 1 saturated heterocycles. The summed E-state index contributed by atoms with van der Waals surface area (Å²) >= 11 is 1.71. The van der Waals surface area contributed by atoms with E-state index in [1.165, 1.54) is 11.3 Å². The summed E-state index contributed by atoms with van der Waals surface area (Å²) in [5.41, 5.74) is 0.126. The summed E-state index contributed by atoms with van der Waals surface area (Å²) in [6, 6.07) is 10.7. The number of ether oxygens (including phenoxy) is 2. The topological polar surface area (TPSA) is 54.0 Å². The number of anilines is 1. The van der Waals surface area contributed by atoms with Gasteiger partial charge in [0.2, 0.25) is 6.79 Å². The molecular weight excluding hydrogens is 372 g/mol. The lowest BCUT2D eigenvalue weighted by molar-refractivity contribution is 0.143. The molecule has 1 aromatic heterocycles.